The number of carbonyl (C=O) groups is 2. The van der Waals surface area contributed by atoms with Crippen molar-refractivity contribution in [2.45, 2.75) is 51.7 Å². The van der Waals surface area contributed by atoms with Crippen LogP contribution in [0.5, 0.6) is 0 Å². The summed E-state index contributed by atoms with van der Waals surface area (Å²) in [5, 5.41) is 18.0. The van der Waals surface area contributed by atoms with Gasteiger partial charge in [0, 0.05) is 35.8 Å². The van der Waals surface area contributed by atoms with Crippen molar-refractivity contribution < 1.29 is 27.9 Å². The molecule has 0 bridgehead atoms. The van der Waals surface area contributed by atoms with Crippen molar-refractivity contribution in [1.82, 2.24) is 14.9 Å². The fourth-order valence-electron chi connectivity index (χ4n) is 5.07. The predicted molar refractivity (Wildman–Crippen MR) is 155 cm³/mol. The minimum atomic E-state index is -4.71. The van der Waals surface area contributed by atoms with Gasteiger partial charge in [0.1, 0.15) is 11.4 Å². The molecule has 1 aromatic heterocycles. The lowest BCUT2D eigenvalue weighted by molar-refractivity contribution is -0.137. The van der Waals surface area contributed by atoms with Gasteiger partial charge < -0.3 is 26.0 Å². The molecule has 0 aliphatic carbocycles. The van der Waals surface area contributed by atoms with Crippen LogP contribution in [0.1, 0.15) is 50.7 Å². The fourth-order valence-corrected chi connectivity index (χ4v) is 5.07. The maximum atomic E-state index is 13.9. The molecule has 1 aliphatic rings. The summed E-state index contributed by atoms with van der Waals surface area (Å²) in [4.78, 5) is 32.9. The Morgan fingerprint density at radius 1 is 1.05 bits per heavy atom. The van der Waals surface area contributed by atoms with Crippen LogP contribution in [0.4, 0.5) is 46.8 Å². The third-order valence-electron chi connectivity index (χ3n) is 7.13. The van der Waals surface area contributed by atoms with Gasteiger partial charge in [0.2, 0.25) is 11.9 Å². The molecule has 2 amide bonds. The molecule has 4 rings (SSSR count). The number of piperidine rings is 1. The smallest absolute Gasteiger partial charge is 0.421 e. The number of hydrogen-bond acceptors (Lipinski definition) is 6. The summed E-state index contributed by atoms with van der Waals surface area (Å²) in [6.45, 7) is 9.78. The summed E-state index contributed by atoms with van der Waals surface area (Å²) in [7, 11) is 0. The number of carboxylic acid groups (broad SMARTS) is 1. The van der Waals surface area contributed by atoms with E-state index in [9.17, 15) is 27.9 Å². The SMILES string of the molecule is C=CC(=O)Nc1cccc(Nc2ncc(C(F)(F)F)c(Nc3cccc(C4CCN(C(=O)O)C(C(C)(C)C)C4)c3)n2)c1. The Kier molecular flexibility index (Phi) is 8.74. The van der Waals surface area contributed by atoms with Crippen molar-refractivity contribution in [3.8, 4) is 0 Å². The standard InChI is InChI=1S/C30H33F3N6O3/c1-5-25(40)35-21-10-7-11-22(16-21)37-27-34-17-23(30(31,32)33)26(38-27)36-20-9-6-8-18(14-20)19-12-13-39(28(41)42)24(15-19)29(2,3)4/h5-11,14,16-17,19,24H,1,12-13,15H2,2-4H3,(H,35,40)(H,41,42)(H2,34,36,37,38). The maximum Gasteiger partial charge on any atom is 0.421 e. The van der Waals surface area contributed by atoms with Crippen molar-refractivity contribution >= 4 is 40.8 Å². The molecule has 9 nitrogen and oxygen atoms in total. The zero-order chi connectivity index (χ0) is 30.7. The highest BCUT2D eigenvalue weighted by molar-refractivity contribution is 5.99. The molecule has 2 heterocycles. The molecule has 1 aliphatic heterocycles. The van der Waals surface area contributed by atoms with E-state index in [1.54, 1.807) is 42.5 Å². The van der Waals surface area contributed by atoms with E-state index < -0.39 is 29.6 Å². The van der Waals surface area contributed by atoms with Gasteiger partial charge in [-0.3, -0.25) is 4.79 Å². The minimum Gasteiger partial charge on any atom is -0.465 e. The largest absolute Gasteiger partial charge is 0.465 e. The molecular weight excluding hydrogens is 549 g/mol. The van der Waals surface area contributed by atoms with Crippen LogP contribution in [0.25, 0.3) is 0 Å². The first kappa shape index (κ1) is 30.4. The van der Waals surface area contributed by atoms with Gasteiger partial charge in [0.25, 0.3) is 0 Å². The summed E-state index contributed by atoms with van der Waals surface area (Å²) >= 11 is 0. The third-order valence-corrected chi connectivity index (χ3v) is 7.13. The van der Waals surface area contributed by atoms with Crippen LogP contribution in [0.3, 0.4) is 0 Å². The number of amides is 2. The molecule has 1 saturated heterocycles. The second kappa shape index (κ2) is 12.1. The maximum absolute atomic E-state index is 13.9. The number of rotatable bonds is 7. The van der Waals surface area contributed by atoms with E-state index in [1.165, 1.54) is 4.90 Å². The first-order valence-electron chi connectivity index (χ1n) is 13.4. The lowest BCUT2D eigenvalue weighted by atomic mass is 9.75. The summed E-state index contributed by atoms with van der Waals surface area (Å²) in [6, 6.07) is 13.4. The van der Waals surface area contributed by atoms with Crippen molar-refractivity contribution in [2.75, 3.05) is 22.5 Å². The topological polar surface area (TPSA) is 119 Å². The van der Waals surface area contributed by atoms with Gasteiger partial charge in [0.15, 0.2) is 0 Å². The first-order valence-corrected chi connectivity index (χ1v) is 13.4. The van der Waals surface area contributed by atoms with Crippen molar-refractivity contribution in [3.63, 3.8) is 0 Å². The first-order chi connectivity index (χ1) is 19.7. The molecule has 0 radical (unpaired) electrons. The van der Waals surface area contributed by atoms with Crippen LogP contribution in [0.15, 0.2) is 67.4 Å². The van der Waals surface area contributed by atoms with Gasteiger partial charge in [-0.2, -0.15) is 18.2 Å². The molecule has 3 aromatic rings. The highest BCUT2D eigenvalue weighted by atomic mass is 19.4. The quantitative estimate of drug-likeness (QED) is 0.215. The summed E-state index contributed by atoms with van der Waals surface area (Å²) in [5.74, 6) is -0.886. The van der Waals surface area contributed by atoms with E-state index in [4.69, 9.17) is 0 Å². The number of nitrogens with zero attached hydrogens (tertiary/aromatic N) is 3. The van der Waals surface area contributed by atoms with E-state index in [2.05, 4.69) is 32.5 Å². The molecule has 2 atom stereocenters. The van der Waals surface area contributed by atoms with E-state index in [1.807, 2.05) is 26.8 Å². The lowest BCUT2D eigenvalue weighted by Crippen LogP contribution is -2.51. The minimum absolute atomic E-state index is 0.0325. The number of alkyl halides is 3. The number of aromatic nitrogens is 2. The predicted octanol–water partition coefficient (Wildman–Crippen LogP) is 7.38. The van der Waals surface area contributed by atoms with Crippen molar-refractivity contribution in [2.24, 2.45) is 5.41 Å². The Hall–Kier alpha value is -4.61. The summed E-state index contributed by atoms with van der Waals surface area (Å²) < 4.78 is 41.7. The number of nitrogens with one attached hydrogen (secondary N) is 3. The molecular formula is C30H33F3N6O3. The van der Waals surface area contributed by atoms with Gasteiger partial charge in [-0.05, 0) is 66.1 Å². The second-order valence-electron chi connectivity index (χ2n) is 11.2. The van der Waals surface area contributed by atoms with E-state index in [0.717, 1.165) is 11.6 Å². The molecule has 12 heteroatoms. The van der Waals surface area contributed by atoms with Crippen LogP contribution >= 0.6 is 0 Å². The Morgan fingerprint density at radius 3 is 2.36 bits per heavy atom. The van der Waals surface area contributed by atoms with Gasteiger partial charge in [0.05, 0.1) is 0 Å². The molecule has 1 fully saturated rings. The number of halogens is 3. The van der Waals surface area contributed by atoms with Gasteiger partial charge in [-0.25, -0.2) is 9.78 Å². The van der Waals surface area contributed by atoms with Crippen molar-refractivity contribution in [1.29, 1.82) is 0 Å². The molecule has 4 N–H and O–H groups in total. The average molecular weight is 583 g/mol. The highest BCUT2D eigenvalue weighted by Crippen LogP contribution is 2.40. The molecule has 42 heavy (non-hydrogen) atoms. The average Bonchev–Trinajstić information content (AvgIpc) is 2.92. The van der Waals surface area contributed by atoms with Crippen LogP contribution in [0, 0.1) is 5.41 Å². The van der Waals surface area contributed by atoms with Crippen LogP contribution < -0.4 is 16.0 Å². The number of anilines is 5. The monoisotopic (exact) mass is 582 g/mol. The van der Waals surface area contributed by atoms with Gasteiger partial charge in [-0.1, -0.05) is 45.5 Å². The molecule has 2 aromatic carbocycles. The molecule has 0 saturated carbocycles. The summed E-state index contributed by atoms with van der Waals surface area (Å²) in [6.07, 6.45) is -2.64. The van der Waals surface area contributed by atoms with E-state index in [0.29, 0.717) is 42.6 Å². The normalized spacial score (nSPS) is 17.3. The second-order valence-corrected chi connectivity index (χ2v) is 11.2. The number of likely N-dealkylation sites (tertiary alicyclic amines) is 1. The van der Waals surface area contributed by atoms with Crippen LogP contribution in [-0.2, 0) is 11.0 Å². The molecule has 0 spiro atoms. The highest BCUT2D eigenvalue weighted by Gasteiger charge is 2.39. The zero-order valence-corrected chi connectivity index (χ0v) is 23.5. The van der Waals surface area contributed by atoms with Crippen molar-refractivity contribution in [3.05, 3.63) is 78.5 Å². The lowest BCUT2D eigenvalue weighted by Gasteiger charge is -2.44. The third kappa shape index (κ3) is 7.36. The Morgan fingerprint density at radius 2 is 1.71 bits per heavy atom. The van der Waals surface area contributed by atoms with Gasteiger partial charge in [-0.15, -0.1) is 0 Å². The summed E-state index contributed by atoms with van der Waals surface area (Å²) in [5.41, 5.74) is 0.896. The van der Waals surface area contributed by atoms with Gasteiger partial charge >= 0.3 is 12.3 Å². The molecule has 2 unspecified atom stereocenters. The Balaban J connectivity index is 1.59. The number of carbonyl (C=O) groups excluding carboxylic acids is 1. The Bertz CT molecular complexity index is 1470. The number of benzene rings is 2. The van der Waals surface area contributed by atoms with Crippen LogP contribution in [-0.4, -0.2) is 44.6 Å². The van der Waals surface area contributed by atoms with Crippen LogP contribution in [0.2, 0.25) is 0 Å². The Labute approximate surface area is 241 Å². The molecule has 222 valence electrons. The van der Waals surface area contributed by atoms with E-state index >= 15 is 0 Å². The zero-order valence-electron chi connectivity index (χ0n) is 23.5. The van der Waals surface area contributed by atoms with E-state index in [-0.39, 0.29) is 23.3 Å². The number of hydrogen-bond donors (Lipinski definition) is 4. The fraction of sp³-hybridized carbons (Fsp3) is 0.333.